The van der Waals surface area contributed by atoms with Crippen molar-refractivity contribution in [1.82, 2.24) is 0 Å². The zero-order valence-electron chi connectivity index (χ0n) is 11.1. The lowest BCUT2D eigenvalue weighted by atomic mass is 10.1. The average Bonchev–Trinajstić information content (AvgIpc) is 2.32. The van der Waals surface area contributed by atoms with E-state index < -0.39 is 10.4 Å². The number of guanidine groups is 2. The van der Waals surface area contributed by atoms with Gasteiger partial charge in [-0.25, -0.2) is 0 Å². The number of rotatable bonds is 4. The highest BCUT2D eigenvalue weighted by Crippen LogP contribution is 2.01. The Hall–Kier alpha value is -2.37. The van der Waals surface area contributed by atoms with Gasteiger partial charge in [0.25, 0.3) is 0 Å². The van der Waals surface area contributed by atoms with Crippen LogP contribution in [0.25, 0.3) is 0 Å². The second kappa shape index (κ2) is 8.73. The molecule has 0 heterocycles. The zero-order valence-corrected chi connectivity index (χ0v) is 11.9. The quantitative estimate of drug-likeness (QED) is 0.136. The van der Waals surface area contributed by atoms with Crippen LogP contribution in [0, 0.1) is 0 Å². The molecule has 0 fully saturated rings. The highest BCUT2D eigenvalue weighted by atomic mass is 32.3. The number of nitrogens with one attached hydrogen (secondary N) is 2. The molecule has 1 aromatic rings. The van der Waals surface area contributed by atoms with Crippen molar-refractivity contribution in [2.75, 3.05) is 0 Å². The van der Waals surface area contributed by atoms with E-state index in [1.165, 1.54) is 0 Å². The maximum atomic E-state index is 8.52. The molecule has 0 aliphatic heterocycles. The predicted octanol–water partition coefficient (Wildman–Crippen LogP) is -5.94. The summed E-state index contributed by atoms with van der Waals surface area (Å²) in [5, 5.41) is 0. The summed E-state index contributed by atoms with van der Waals surface area (Å²) in [6.07, 6.45) is 0. The van der Waals surface area contributed by atoms with Gasteiger partial charge in [0.15, 0.2) is 0 Å². The molecule has 118 valence electrons. The Morgan fingerprint density at radius 1 is 0.952 bits per heavy atom. The Balaban J connectivity index is 0.000000690. The van der Waals surface area contributed by atoms with Gasteiger partial charge < -0.3 is 9.11 Å². The number of benzene rings is 1. The molecule has 0 saturated heterocycles. The Labute approximate surface area is 122 Å². The number of hydrogen-bond acceptors (Lipinski definition) is 4. The summed E-state index contributed by atoms with van der Waals surface area (Å²) in [7, 11) is -5.17. The van der Waals surface area contributed by atoms with Crippen molar-refractivity contribution in [2.24, 2.45) is 22.9 Å². The average molecular weight is 318 g/mol. The van der Waals surface area contributed by atoms with Gasteiger partial charge in [0.1, 0.15) is 0 Å². The summed E-state index contributed by atoms with van der Waals surface area (Å²) in [5.74, 6) is 0.422. The highest BCUT2D eigenvalue weighted by Gasteiger charge is 1.97. The fraction of sp³-hybridized carbons (Fsp3) is 0.200. The second-order valence-corrected chi connectivity index (χ2v) is 4.66. The first-order valence-electron chi connectivity index (χ1n) is 5.56. The summed E-state index contributed by atoms with van der Waals surface area (Å²) >= 11 is 0. The van der Waals surface area contributed by atoms with Crippen LogP contribution in [-0.4, -0.2) is 29.4 Å². The van der Waals surface area contributed by atoms with Crippen LogP contribution in [0.2, 0.25) is 0 Å². The maximum Gasteiger partial charge on any atom is 0.339 e. The molecule has 0 aliphatic carbocycles. The minimum absolute atomic E-state index is 0.211. The van der Waals surface area contributed by atoms with Gasteiger partial charge in [-0.3, -0.25) is 41.3 Å². The van der Waals surface area contributed by atoms with Crippen LogP contribution in [0.3, 0.4) is 0 Å². The van der Waals surface area contributed by atoms with Gasteiger partial charge in [0.05, 0.1) is 13.1 Å². The van der Waals surface area contributed by atoms with Crippen molar-refractivity contribution in [3.05, 3.63) is 35.4 Å². The molecule has 0 saturated carbocycles. The minimum atomic E-state index is -5.17. The summed E-state index contributed by atoms with van der Waals surface area (Å²) in [5.41, 5.74) is 23.4. The van der Waals surface area contributed by atoms with Crippen LogP contribution < -0.4 is 32.9 Å². The van der Waals surface area contributed by atoms with Crippen molar-refractivity contribution < 1.29 is 27.5 Å². The Kier molecular flexibility index (Phi) is 7.75. The molecule has 10 nitrogen and oxygen atoms in total. The van der Waals surface area contributed by atoms with Crippen molar-refractivity contribution in [3.8, 4) is 0 Å². The van der Waals surface area contributed by atoms with Gasteiger partial charge in [0, 0.05) is 10.4 Å². The monoisotopic (exact) mass is 318 g/mol. The van der Waals surface area contributed by atoms with E-state index in [1.54, 1.807) is 0 Å². The molecule has 0 radical (unpaired) electrons. The van der Waals surface area contributed by atoms with Gasteiger partial charge in [0.2, 0.25) is 0 Å². The summed E-state index contributed by atoms with van der Waals surface area (Å²) in [6, 6.07) is 7.93. The third kappa shape index (κ3) is 13.9. The molecule has 10 N–H and O–H groups in total. The third-order valence-corrected chi connectivity index (χ3v) is 1.98. The lowest BCUT2D eigenvalue weighted by molar-refractivity contribution is -0.478. The largest absolute Gasteiger partial charge is 0.759 e. The summed E-state index contributed by atoms with van der Waals surface area (Å²) in [6.45, 7) is 1.19. The normalized spacial score (nSPS) is 10.0. The van der Waals surface area contributed by atoms with E-state index in [1.807, 2.05) is 24.3 Å². The van der Waals surface area contributed by atoms with Crippen LogP contribution in [0.5, 0.6) is 0 Å². The molecule has 1 aromatic carbocycles. The molecule has 0 aromatic heterocycles. The van der Waals surface area contributed by atoms with E-state index in [0.29, 0.717) is 13.1 Å². The van der Waals surface area contributed by atoms with E-state index in [2.05, 4.69) is 9.98 Å². The van der Waals surface area contributed by atoms with Crippen LogP contribution in [0.1, 0.15) is 11.1 Å². The second-order valence-electron chi connectivity index (χ2n) is 3.85. The molecule has 0 bridgehead atoms. The standard InChI is InChI=1S/C10H16N6.H2O4S/c11-9(12)15-5-7-2-1-3-8(4-7)6-16-10(13)14;1-5(2,3)4/h1-4H,5-6H2,(H4,11,12,15)(H4,13,14,16);(H2,1,2,3,4). The fourth-order valence-electron chi connectivity index (χ4n) is 1.26. The van der Waals surface area contributed by atoms with E-state index in [4.69, 9.17) is 40.5 Å². The van der Waals surface area contributed by atoms with E-state index in [9.17, 15) is 0 Å². The molecule has 0 amide bonds. The molecule has 1 rings (SSSR count). The predicted molar refractivity (Wildman–Crippen MR) is 73.0 cm³/mol. The van der Waals surface area contributed by atoms with Crippen molar-refractivity contribution in [2.45, 2.75) is 13.1 Å². The first-order valence-corrected chi connectivity index (χ1v) is 6.89. The molecule has 11 heteroatoms. The third-order valence-electron chi connectivity index (χ3n) is 1.98. The first-order chi connectivity index (χ1) is 9.58. The number of hydrogen-bond donors (Lipinski definition) is 6. The van der Waals surface area contributed by atoms with Crippen molar-refractivity contribution in [3.63, 3.8) is 0 Å². The lowest BCUT2D eigenvalue weighted by Crippen LogP contribution is -2.76. The smallest absolute Gasteiger partial charge is 0.339 e. The fourth-order valence-corrected chi connectivity index (χ4v) is 1.26. The molecule has 21 heavy (non-hydrogen) atoms. The highest BCUT2D eigenvalue weighted by molar-refractivity contribution is 7.79. The zero-order chi connectivity index (χ0) is 16.5. The van der Waals surface area contributed by atoms with Gasteiger partial charge in [-0.15, -0.1) is 0 Å². The van der Waals surface area contributed by atoms with Gasteiger partial charge in [-0.05, 0) is 17.2 Å². The molecule has 0 spiro atoms. The lowest BCUT2D eigenvalue weighted by Gasteiger charge is -2.06. The van der Waals surface area contributed by atoms with E-state index >= 15 is 0 Å². The first kappa shape index (κ1) is 18.6. The maximum absolute atomic E-state index is 8.52. The Morgan fingerprint density at radius 3 is 1.57 bits per heavy atom. The minimum Gasteiger partial charge on any atom is -0.759 e. The van der Waals surface area contributed by atoms with E-state index in [0.717, 1.165) is 11.1 Å². The van der Waals surface area contributed by atoms with Crippen LogP contribution >= 0.6 is 0 Å². The molecular formula is C10H18N6O4S. The molecular weight excluding hydrogens is 300 g/mol. The van der Waals surface area contributed by atoms with Gasteiger partial charge in [-0.2, -0.15) is 0 Å². The Morgan fingerprint density at radius 2 is 1.29 bits per heavy atom. The topological polar surface area (TPSA) is 212 Å². The van der Waals surface area contributed by atoms with Crippen molar-refractivity contribution in [1.29, 1.82) is 0 Å². The van der Waals surface area contributed by atoms with Crippen LogP contribution in [0.4, 0.5) is 0 Å². The van der Waals surface area contributed by atoms with Crippen molar-refractivity contribution >= 4 is 22.3 Å². The summed E-state index contributed by atoms with van der Waals surface area (Å²) < 4.78 is 34.1. The number of nitrogens with two attached hydrogens (primary N) is 4. The molecule has 0 atom stereocenters. The molecule has 0 unspecified atom stereocenters. The summed E-state index contributed by atoms with van der Waals surface area (Å²) in [4.78, 5) is 5.70. The van der Waals surface area contributed by atoms with Crippen LogP contribution in [-0.2, 0) is 23.5 Å². The molecule has 0 aliphatic rings. The Bertz CT molecular complexity index is 562. The van der Waals surface area contributed by atoms with Gasteiger partial charge >= 0.3 is 11.9 Å². The SMILES string of the molecule is NC(N)=[NH+]Cc1cccc(C[NH+]=C(N)N)c1.O=S(=O)([O-])[O-]. The van der Waals surface area contributed by atoms with Gasteiger partial charge in [-0.1, -0.05) is 18.2 Å². The van der Waals surface area contributed by atoms with Crippen LogP contribution in [0.15, 0.2) is 24.3 Å². The van der Waals surface area contributed by atoms with E-state index in [-0.39, 0.29) is 11.9 Å².